The van der Waals surface area contributed by atoms with Crippen LogP contribution in [-0.2, 0) is 9.59 Å². The molecule has 0 aromatic heterocycles. The Balaban J connectivity index is 1.26. The Bertz CT molecular complexity index is 1420. The fraction of sp³-hybridized carbons (Fsp3) is 0.226. The van der Waals surface area contributed by atoms with E-state index in [4.69, 9.17) is 4.74 Å². The standard InChI is InChI=1S/C31H30N2O3/c1-20(2)26-16-11-21(3)17-29(26)36-25-14-12-24(13-15-25)32-31(35)23-18-30(34)33(19-23)28-10-6-8-22-7-4-5-9-27(22)28/h4-17,20,23H,18-19H2,1-3H3,(H,32,35)/t23-/m1/s1. The molecular weight excluding hydrogens is 448 g/mol. The molecule has 5 rings (SSSR count). The topological polar surface area (TPSA) is 58.6 Å². The maximum Gasteiger partial charge on any atom is 0.229 e. The summed E-state index contributed by atoms with van der Waals surface area (Å²) in [4.78, 5) is 27.6. The number of fused-ring (bicyclic) bond motifs is 1. The van der Waals surface area contributed by atoms with E-state index in [-0.39, 0.29) is 18.2 Å². The first-order valence-electron chi connectivity index (χ1n) is 12.4. The molecule has 5 nitrogen and oxygen atoms in total. The van der Waals surface area contributed by atoms with Gasteiger partial charge in [0.1, 0.15) is 11.5 Å². The SMILES string of the molecule is Cc1ccc(C(C)C)c(Oc2ccc(NC(=O)[C@@H]3CC(=O)N(c4cccc5ccccc45)C3)cc2)c1. The zero-order valence-electron chi connectivity index (χ0n) is 20.8. The highest BCUT2D eigenvalue weighted by atomic mass is 16.5. The van der Waals surface area contributed by atoms with Crippen LogP contribution in [0.2, 0.25) is 0 Å². The third-order valence-corrected chi connectivity index (χ3v) is 6.69. The van der Waals surface area contributed by atoms with E-state index in [0.29, 0.717) is 23.9 Å². The molecule has 1 aliphatic rings. The van der Waals surface area contributed by atoms with Gasteiger partial charge in [0.05, 0.1) is 11.6 Å². The number of hydrogen-bond acceptors (Lipinski definition) is 3. The van der Waals surface area contributed by atoms with Crippen LogP contribution < -0.4 is 15.0 Å². The lowest BCUT2D eigenvalue weighted by Crippen LogP contribution is -2.28. The number of benzene rings is 4. The van der Waals surface area contributed by atoms with E-state index in [1.165, 1.54) is 0 Å². The van der Waals surface area contributed by atoms with Gasteiger partial charge in [0.2, 0.25) is 11.8 Å². The van der Waals surface area contributed by atoms with Crippen molar-refractivity contribution in [2.24, 2.45) is 5.92 Å². The van der Waals surface area contributed by atoms with E-state index in [0.717, 1.165) is 33.3 Å². The van der Waals surface area contributed by atoms with Crippen molar-refractivity contribution in [3.63, 3.8) is 0 Å². The molecule has 0 spiro atoms. The molecule has 1 saturated heterocycles. The number of nitrogens with one attached hydrogen (secondary N) is 1. The van der Waals surface area contributed by atoms with E-state index < -0.39 is 5.92 Å². The summed E-state index contributed by atoms with van der Waals surface area (Å²) < 4.78 is 6.16. The highest BCUT2D eigenvalue weighted by Crippen LogP contribution is 2.34. The van der Waals surface area contributed by atoms with Gasteiger partial charge in [-0.05, 0) is 65.8 Å². The maximum atomic E-state index is 13.0. The second kappa shape index (κ2) is 9.86. The van der Waals surface area contributed by atoms with E-state index in [1.54, 1.807) is 4.90 Å². The molecule has 182 valence electrons. The minimum Gasteiger partial charge on any atom is -0.457 e. The van der Waals surface area contributed by atoms with Crippen molar-refractivity contribution in [2.75, 3.05) is 16.8 Å². The first-order valence-corrected chi connectivity index (χ1v) is 12.4. The molecule has 0 unspecified atom stereocenters. The highest BCUT2D eigenvalue weighted by Gasteiger charge is 2.35. The van der Waals surface area contributed by atoms with Crippen molar-refractivity contribution < 1.29 is 14.3 Å². The largest absolute Gasteiger partial charge is 0.457 e. The summed E-state index contributed by atoms with van der Waals surface area (Å²) in [5.41, 5.74) is 3.82. The van der Waals surface area contributed by atoms with E-state index in [1.807, 2.05) is 79.7 Å². The van der Waals surface area contributed by atoms with Crippen LogP contribution in [-0.4, -0.2) is 18.4 Å². The summed E-state index contributed by atoms with van der Waals surface area (Å²) in [7, 11) is 0. The lowest BCUT2D eigenvalue weighted by Gasteiger charge is -2.19. The van der Waals surface area contributed by atoms with Crippen molar-refractivity contribution in [3.05, 3.63) is 96.1 Å². The van der Waals surface area contributed by atoms with Crippen molar-refractivity contribution in [1.29, 1.82) is 0 Å². The Hall–Kier alpha value is -4.12. The second-order valence-electron chi connectivity index (χ2n) is 9.72. The zero-order chi connectivity index (χ0) is 25.2. The van der Waals surface area contributed by atoms with Gasteiger partial charge in [-0.25, -0.2) is 0 Å². The lowest BCUT2D eigenvalue weighted by atomic mass is 10.0. The van der Waals surface area contributed by atoms with E-state index in [2.05, 4.69) is 31.3 Å². The Morgan fingerprint density at radius 1 is 0.972 bits per heavy atom. The Morgan fingerprint density at radius 2 is 1.72 bits per heavy atom. The van der Waals surface area contributed by atoms with Crippen LogP contribution >= 0.6 is 0 Å². The van der Waals surface area contributed by atoms with Gasteiger partial charge in [-0.1, -0.05) is 62.4 Å². The second-order valence-corrected chi connectivity index (χ2v) is 9.72. The molecule has 1 fully saturated rings. The predicted octanol–water partition coefficient (Wildman–Crippen LogP) is 7.06. The molecule has 1 aliphatic heterocycles. The van der Waals surface area contributed by atoms with Gasteiger partial charge in [0, 0.05) is 24.0 Å². The third kappa shape index (κ3) is 4.82. The smallest absolute Gasteiger partial charge is 0.229 e. The molecule has 1 N–H and O–H groups in total. The van der Waals surface area contributed by atoms with Crippen molar-refractivity contribution in [2.45, 2.75) is 33.1 Å². The molecule has 4 aromatic rings. The van der Waals surface area contributed by atoms with Crippen LogP contribution in [0.4, 0.5) is 11.4 Å². The predicted molar refractivity (Wildman–Crippen MR) is 145 cm³/mol. The quantitative estimate of drug-likeness (QED) is 0.323. The average Bonchev–Trinajstić information content (AvgIpc) is 3.26. The minimum absolute atomic E-state index is 0.0330. The molecule has 1 atom stereocenters. The Kier molecular flexibility index (Phi) is 6.47. The van der Waals surface area contributed by atoms with Gasteiger partial charge in [0.25, 0.3) is 0 Å². The molecule has 5 heteroatoms. The summed E-state index contributed by atoms with van der Waals surface area (Å²) >= 11 is 0. The summed E-state index contributed by atoms with van der Waals surface area (Å²) in [6.45, 7) is 6.70. The highest BCUT2D eigenvalue weighted by molar-refractivity contribution is 6.08. The molecule has 1 heterocycles. The first-order chi connectivity index (χ1) is 17.4. The van der Waals surface area contributed by atoms with Crippen LogP contribution in [0.5, 0.6) is 11.5 Å². The van der Waals surface area contributed by atoms with Crippen LogP contribution in [0.25, 0.3) is 10.8 Å². The fourth-order valence-electron chi connectivity index (χ4n) is 4.74. The van der Waals surface area contributed by atoms with Gasteiger partial charge < -0.3 is 15.0 Å². The van der Waals surface area contributed by atoms with Crippen molar-refractivity contribution in [3.8, 4) is 11.5 Å². The monoisotopic (exact) mass is 478 g/mol. The van der Waals surface area contributed by atoms with E-state index in [9.17, 15) is 9.59 Å². The van der Waals surface area contributed by atoms with E-state index >= 15 is 0 Å². The van der Waals surface area contributed by atoms with Crippen LogP contribution in [0, 0.1) is 12.8 Å². The molecule has 0 bridgehead atoms. The number of nitrogens with zero attached hydrogens (tertiary/aromatic N) is 1. The molecule has 0 aliphatic carbocycles. The number of carbonyl (C=O) groups is 2. The Labute approximate surface area is 211 Å². The first kappa shape index (κ1) is 23.6. The number of anilines is 2. The molecular formula is C31H30N2O3. The zero-order valence-corrected chi connectivity index (χ0v) is 20.8. The van der Waals surface area contributed by atoms with Gasteiger partial charge in [0.15, 0.2) is 0 Å². The van der Waals surface area contributed by atoms with Gasteiger partial charge >= 0.3 is 0 Å². The van der Waals surface area contributed by atoms with Crippen molar-refractivity contribution >= 4 is 34.0 Å². The van der Waals surface area contributed by atoms with Gasteiger partial charge in [-0.15, -0.1) is 0 Å². The third-order valence-electron chi connectivity index (χ3n) is 6.69. The van der Waals surface area contributed by atoms with Crippen LogP contribution in [0.1, 0.15) is 37.3 Å². The normalized spacial score (nSPS) is 15.5. The van der Waals surface area contributed by atoms with Crippen LogP contribution in [0.3, 0.4) is 0 Å². The van der Waals surface area contributed by atoms with Crippen LogP contribution in [0.15, 0.2) is 84.9 Å². The number of carbonyl (C=O) groups excluding carboxylic acids is 2. The number of aryl methyl sites for hydroxylation is 1. The maximum absolute atomic E-state index is 13.0. The van der Waals surface area contributed by atoms with Crippen molar-refractivity contribution in [1.82, 2.24) is 0 Å². The number of rotatable bonds is 6. The summed E-state index contributed by atoms with van der Waals surface area (Å²) in [5, 5.41) is 5.06. The van der Waals surface area contributed by atoms with Gasteiger partial charge in [-0.3, -0.25) is 9.59 Å². The number of ether oxygens (including phenoxy) is 1. The summed E-state index contributed by atoms with van der Waals surface area (Å²) in [5.74, 6) is 1.31. The average molecular weight is 479 g/mol. The number of hydrogen-bond donors (Lipinski definition) is 1. The summed E-state index contributed by atoms with van der Waals surface area (Å²) in [6.07, 6.45) is 0.196. The van der Waals surface area contributed by atoms with Gasteiger partial charge in [-0.2, -0.15) is 0 Å². The fourth-order valence-corrected chi connectivity index (χ4v) is 4.74. The molecule has 4 aromatic carbocycles. The summed E-state index contributed by atoms with van der Waals surface area (Å²) in [6, 6.07) is 27.5. The lowest BCUT2D eigenvalue weighted by molar-refractivity contribution is -0.122. The molecule has 0 radical (unpaired) electrons. The molecule has 36 heavy (non-hydrogen) atoms. The Morgan fingerprint density at radius 3 is 2.50 bits per heavy atom. The minimum atomic E-state index is -0.409. The molecule has 0 saturated carbocycles. The molecule has 2 amide bonds. The number of amides is 2.